The summed E-state index contributed by atoms with van der Waals surface area (Å²) < 4.78 is 4.78. The van der Waals surface area contributed by atoms with E-state index < -0.39 is 0 Å². The van der Waals surface area contributed by atoms with Crippen LogP contribution in [0.4, 0.5) is 0 Å². The summed E-state index contributed by atoms with van der Waals surface area (Å²) in [5, 5.41) is 0. The van der Waals surface area contributed by atoms with E-state index in [1.54, 1.807) is 13.4 Å². The molecule has 0 saturated heterocycles. The van der Waals surface area contributed by atoms with Gasteiger partial charge < -0.3 is 9.57 Å². The zero-order chi connectivity index (χ0) is 5.11. The van der Waals surface area contributed by atoms with E-state index >= 15 is 0 Å². The van der Waals surface area contributed by atoms with E-state index in [0.29, 0.717) is 6.54 Å². The molecule has 0 amide bonds. The van der Waals surface area contributed by atoms with Gasteiger partial charge in [0.2, 0.25) is 0 Å². The highest BCUT2D eigenvalue weighted by atomic mass is 16.7. The minimum absolute atomic E-state index is 0.677. The molecule has 0 spiro atoms. The summed E-state index contributed by atoms with van der Waals surface area (Å²) in [6.07, 6.45) is 1.54. The molecule has 0 radical (unpaired) electrons. The Kier molecular flexibility index (Phi) is 1.17. The van der Waals surface area contributed by atoms with Crippen molar-refractivity contribution in [2.75, 3.05) is 13.7 Å². The van der Waals surface area contributed by atoms with E-state index in [1.165, 1.54) is 0 Å². The second-order valence-corrected chi connectivity index (χ2v) is 1.23. The van der Waals surface area contributed by atoms with E-state index in [4.69, 9.17) is 4.74 Å². The van der Waals surface area contributed by atoms with E-state index in [9.17, 15) is 0 Å². The largest absolute Gasteiger partial charge is 0.496 e. The highest BCUT2D eigenvalue weighted by Crippen LogP contribution is 1.97. The van der Waals surface area contributed by atoms with E-state index in [0.717, 1.165) is 5.76 Å². The van der Waals surface area contributed by atoms with Gasteiger partial charge in [0.1, 0.15) is 12.0 Å². The van der Waals surface area contributed by atoms with Crippen molar-refractivity contribution in [3.63, 3.8) is 0 Å². The van der Waals surface area contributed by atoms with Gasteiger partial charge in [0.15, 0.2) is 0 Å². The predicted molar refractivity (Wildman–Crippen MR) is 24.2 cm³/mol. The van der Waals surface area contributed by atoms with Gasteiger partial charge >= 0.3 is 0 Å². The Morgan fingerprint density at radius 2 is 2.86 bits per heavy atom. The van der Waals surface area contributed by atoms with Gasteiger partial charge in [0.05, 0.1) is 13.7 Å². The molecule has 1 rings (SSSR count). The normalized spacial score (nSPS) is 18.1. The van der Waals surface area contributed by atoms with Crippen LogP contribution in [0.15, 0.2) is 12.0 Å². The summed E-state index contributed by atoms with van der Waals surface area (Å²) in [7, 11) is 1.61. The first-order valence-corrected chi connectivity index (χ1v) is 2.05. The highest BCUT2D eigenvalue weighted by molar-refractivity contribution is 4.91. The van der Waals surface area contributed by atoms with Crippen LogP contribution in [0.1, 0.15) is 0 Å². The maximum atomic E-state index is 4.78. The number of hydroxylamine groups is 1. The Morgan fingerprint density at radius 1 is 2.00 bits per heavy atom. The Morgan fingerprint density at radius 3 is 3.14 bits per heavy atom. The van der Waals surface area contributed by atoms with E-state index in [2.05, 4.69) is 10.3 Å². The third-order valence-electron chi connectivity index (χ3n) is 0.782. The standard InChI is InChI=1S/C4H7NO2/c1-6-4-2-5-7-3-4/h3,5H,2H2,1H3. The fraction of sp³-hybridized carbons (Fsp3) is 0.500. The maximum Gasteiger partial charge on any atom is 0.150 e. The molecule has 1 heterocycles. The number of methoxy groups -OCH3 is 1. The number of nitrogens with one attached hydrogen (secondary N) is 1. The zero-order valence-corrected chi connectivity index (χ0v) is 4.10. The highest BCUT2D eigenvalue weighted by Gasteiger charge is 2.01. The Labute approximate surface area is 41.9 Å². The van der Waals surface area contributed by atoms with Gasteiger partial charge in [-0.3, -0.25) is 0 Å². The molecule has 0 atom stereocenters. The average Bonchev–Trinajstić information content (AvgIpc) is 2.14. The summed E-state index contributed by atoms with van der Waals surface area (Å²) in [4.78, 5) is 4.61. The second kappa shape index (κ2) is 1.84. The summed E-state index contributed by atoms with van der Waals surface area (Å²) in [6.45, 7) is 0.677. The van der Waals surface area contributed by atoms with Gasteiger partial charge in [-0.25, -0.2) is 0 Å². The molecule has 1 aliphatic heterocycles. The van der Waals surface area contributed by atoms with Gasteiger partial charge in [0.25, 0.3) is 0 Å². The van der Waals surface area contributed by atoms with Crippen molar-refractivity contribution >= 4 is 0 Å². The molecule has 0 aromatic rings. The minimum Gasteiger partial charge on any atom is -0.496 e. The lowest BCUT2D eigenvalue weighted by atomic mass is 10.6. The summed E-state index contributed by atoms with van der Waals surface area (Å²) in [5.41, 5.74) is 2.61. The lowest BCUT2D eigenvalue weighted by Crippen LogP contribution is -2.06. The zero-order valence-electron chi connectivity index (χ0n) is 4.10. The number of rotatable bonds is 1. The van der Waals surface area contributed by atoms with Crippen LogP contribution in [0.5, 0.6) is 0 Å². The molecule has 0 fully saturated rings. The van der Waals surface area contributed by atoms with Gasteiger partial charge in [0, 0.05) is 0 Å². The average molecular weight is 101 g/mol. The Hall–Kier alpha value is -0.700. The smallest absolute Gasteiger partial charge is 0.150 e. The fourth-order valence-corrected chi connectivity index (χ4v) is 0.382. The van der Waals surface area contributed by atoms with Crippen molar-refractivity contribution in [3.8, 4) is 0 Å². The van der Waals surface area contributed by atoms with Crippen LogP contribution in [0.3, 0.4) is 0 Å². The Balaban J connectivity index is 2.36. The van der Waals surface area contributed by atoms with Crippen LogP contribution in [-0.4, -0.2) is 13.7 Å². The third-order valence-corrected chi connectivity index (χ3v) is 0.782. The van der Waals surface area contributed by atoms with Crippen LogP contribution in [0.2, 0.25) is 0 Å². The molecule has 0 saturated carbocycles. The minimum atomic E-state index is 0.677. The summed E-state index contributed by atoms with van der Waals surface area (Å²) in [5.74, 6) is 0.833. The molecule has 0 aromatic carbocycles. The fourth-order valence-electron chi connectivity index (χ4n) is 0.382. The number of ether oxygens (including phenoxy) is 1. The third kappa shape index (κ3) is 0.838. The predicted octanol–water partition coefficient (Wildman–Crippen LogP) is 0.00900. The lowest BCUT2D eigenvalue weighted by molar-refractivity contribution is 0.168. The van der Waals surface area contributed by atoms with Gasteiger partial charge in [-0.1, -0.05) is 0 Å². The van der Waals surface area contributed by atoms with Crippen molar-refractivity contribution in [1.29, 1.82) is 0 Å². The molecule has 3 heteroatoms. The van der Waals surface area contributed by atoms with E-state index in [-0.39, 0.29) is 0 Å². The molecule has 1 aliphatic rings. The van der Waals surface area contributed by atoms with Crippen LogP contribution in [0.25, 0.3) is 0 Å². The first-order chi connectivity index (χ1) is 3.43. The molecule has 1 N–H and O–H groups in total. The molecule has 0 aliphatic carbocycles. The van der Waals surface area contributed by atoms with Gasteiger partial charge in [-0.15, -0.1) is 5.48 Å². The van der Waals surface area contributed by atoms with E-state index in [1.807, 2.05) is 0 Å². The summed E-state index contributed by atoms with van der Waals surface area (Å²) >= 11 is 0. The molecule has 7 heavy (non-hydrogen) atoms. The quantitative estimate of drug-likeness (QED) is 0.504. The first kappa shape index (κ1) is 4.46. The maximum absolute atomic E-state index is 4.78. The molecular weight excluding hydrogens is 94.0 g/mol. The molecule has 40 valence electrons. The van der Waals surface area contributed by atoms with Crippen LogP contribution in [0, 0.1) is 0 Å². The summed E-state index contributed by atoms with van der Waals surface area (Å²) in [6, 6.07) is 0. The SMILES string of the molecule is COC1=CONC1. The Bertz CT molecular complexity index is 89.7. The first-order valence-electron chi connectivity index (χ1n) is 2.05. The van der Waals surface area contributed by atoms with Gasteiger partial charge in [-0.2, -0.15) is 0 Å². The van der Waals surface area contributed by atoms with Crippen molar-refractivity contribution in [3.05, 3.63) is 12.0 Å². The van der Waals surface area contributed by atoms with Crippen molar-refractivity contribution in [2.45, 2.75) is 0 Å². The van der Waals surface area contributed by atoms with Gasteiger partial charge in [-0.05, 0) is 0 Å². The van der Waals surface area contributed by atoms with Crippen molar-refractivity contribution < 1.29 is 9.57 Å². The second-order valence-electron chi connectivity index (χ2n) is 1.23. The number of hydrogen-bond donors (Lipinski definition) is 1. The van der Waals surface area contributed by atoms with Crippen LogP contribution in [-0.2, 0) is 9.57 Å². The molecule has 0 bridgehead atoms. The topological polar surface area (TPSA) is 30.5 Å². The lowest BCUT2D eigenvalue weighted by Gasteiger charge is -1.91. The molecule has 0 aromatic heterocycles. The molecule has 0 unspecified atom stereocenters. The van der Waals surface area contributed by atoms with Crippen molar-refractivity contribution in [2.24, 2.45) is 0 Å². The van der Waals surface area contributed by atoms with Crippen molar-refractivity contribution in [1.82, 2.24) is 5.48 Å². The molecular formula is C4H7NO2. The van der Waals surface area contributed by atoms with Crippen LogP contribution < -0.4 is 5.48 Å². The monoisotopic (exact) mass is 101 g/mol. The van der Waals surface area contributed by atoms with Crippen LogP contribution >= 0.6 is 0 Å². The number of hydrogen-bond acceptors (Lipinski definition) is 3. The molecule has 3 nitrogen and oxygen atoms in total.